The van der Waals surface area contributed by atoms with Crippen LogP contribution in [0.25, 0.3) is 0 Å². The Hall–Kier alpha value is -1.30. The molecule has 1 aromatic rings. The van der Waals surface area contributed by atoms with Crippen LogP contribution in [-0.4, -0.2) is 32.0 Å². The highest BCUT2D eigenvalue weighted by Gasteiger charge is 2.84. The summed E-state index contributed by atoms with van der Waals surface area (Å²) in [6.07, 6.45) is 12.3. The second-order valence-electron chi connectivity index (χ2n) is 11.3. The Labute approximate surface area is 176 Å². The Morgan fingerprint density at radius 1 is 1.07 bits per heavy atom. The molecule has 6 rings (SSSR count). The monoisotopic (exact) mass is 418 g/mol. The Kier molecular flexibility index (Phi) is 3.97. The lowest BCUT2D eigenvalue weighted by Crippen LogP contribution is -2.50. The number of halogens is 2. The van der Waals surface area contributed by atoms with E-state index < -0.39 is 17.4 Å². The van der Waals surface area contributed by atoms with Gasteiger partial charge in [0, 0.05) is 18.3 Å². The van der Waals surface area contributed by atoms with Crippen molar-refractivity contribution in [3.63, 3.8) is 0 Å². The summed E-state index contributed by atoms with van der Waals surface area (Å²) in [6, 6.07) is 0. The zero-order chi connectivity index (χ0) is 20.9. The third-order valence-corrected chi connectivity index (χ3v) is 10.4. The molecular weight excluding hydrogens is 386 g/mol. The van der Waals surface area contributed by atoms with Crippen LogP contribution in [0.1, 0.15) is 58.3 Å². The van der Waals surface area contributed by atoms with Crippen molar-refractivity contribution in [1.29, 1.82) is 0 Å². The van der Waals surface area contributed by atoms with E-state index in [1.54, 1.807) is 12.5 Å². The van der Waals surface area contributed by atoms with E-state index in [1.165, 1.54) is 0 Å². The molecule has 1 N–H and O–H groups in total. The lowest BCUT2D eigenvalue weighted by molar-refractivity contribution is -0.131. The fourth-order valence-electron chi connectivity index (χ4n) is 9.02. The van der Waals surface area contributed by atoms with E-state index in [-0.39, 0.29) is 23.7 Å². The predicted octanol–water partition coefficient (Wildman–Crippen LogP) is 4.33. The smallest absolute Gasteiger partial charge is 0.282 e. The van der Waals surface area contributed by atoms with E-state index in [2.05, 4.69) is 11.9 Å². The number of alkyl halides is 2. The molecule has 5 fully saturated rings. The standard InChI is InChI=1S/C24H32F2N2O2/c1-22-8-6-14-15-7-9-23(30)21(24(23,25)26)17(15)3-2-16(14)18(22)4-5-19(22)20(29)12-28-11-10-27-13-28/h10-11,13-19,21,30H,2-9,12H2,1H3/t14-,15-,16-,17-,18+,19-,21?,22+,23-/m1/s1. The molecule has 1 unspecified atom stereocenters. The first-order valence-corrected chi connectivity index (χ1v) is 11.9. The first-order chi connectivity index (χ1) is 14.3. The van der Waals surface area contributed by atoms with Crippen molar-refractivity contribution in [2.24, 2.45) is 46.8 Å². The number of hydrogen-bond donors (Lipinski definition) is 1. The molecule has 9 atom stereocenters. The summed E-state index contributed by atoms with van der Waals surface area (Å²) in [6.45, 7) is 2.74. The second-order valence-corrected chi connectivity index (χ2v) is 11.3. The SMILES string of the molecule is C[C@]12CC[C@@H]3[C@H]4CC[C@@]5(O)C([C@@H]4CC[C@H]3[C@@H]1CC[C@@H]2C(=O)Cn1ccnc1)C5(F)F. The first kappa shape index (κ1) is 19.4. The van der Waals surface area contributed by atoms with Crippen LogP contribution in [0.2, 0.25) is 0 Å². The highest BCUT2D eigenvalue weighted by molar-refractivity contribution is 5.82. The van der Waals surface area contributed by atoms with E-state index in [9.17, 15) is 18.7 Å². The molecule has 0 aliphatic heterocycles. The van der Waals surface area contributed by atoms with Gasteiger partial charge in [-0.2, -0.15) is 0 Å². The number of nitrogens with zero attached hydrogens (tertiary/aromatic N) is 2. The van der Waals surface area contributed by atoms with Crippen molar-refractivity contribution in [2.75, 3.05) is 0 Å². The molecule has 4 nitrogen and oxygen atoms in total. The lowest BCUT2D eigenvalue weighted by atomic mass is 9.49. The molecule has 164 valence electrons. The zero-order valence-electron chi connectivity index (χ0n) is 17.6. The maximum absolute atomic E-state index is 14.4. The quantitative estimate of drug-likeness (QED) is 0.795. The van der Waals surface area contributed by atoms with E-state index in [4.69, 9.17) is 0 Å². The van der Waals surface area contributed by atoms with Gasteiger partial charge < -0.3 is 9.67 Å². The van der Waals surface area contributed by atoms with Gasteiger partial charge in [0.05, 0.1) is 18.8 Å². The number of fused-ring (bicyclic) bond motifs is 7. The number of ketones is 1. The van der Waals surface area contributed by atoms with Crippen LogP contribution >= 0.6 is 0 Å². The molecule has 1 heterocycles. The van der Waals surface area contributed by atoms with E-state index in [0.29, 0.717) is 36.0 Å². The van der Waals surface area contributed by atoms with Crippen LogP contribution in [-0.2, 0) is 11.3 Å². The van der Waals surface area contributed by atoms with Crippen LogP contribution in [0.15, 0.2) is 18.7 Å². The van der Waals surface area contributed by atoms with Gasteiger partial charge >= 0.3 is 0 Å². The molecule has 0 bridgehead atoms. The molecule has 0 aromatic carbocycles. The number of carbonyl (C=O) groups is 1. The van der Waals surface area contributed by atoms with Crippen LogP contribution in [0.4, 0.5) is 8.78 Å². The van der Waals surface area contributed by atoms with Crippen LogP contribution < -0.4 is 0 Å². The fraction of sp³-hybridized carbons (Fsp3) is 0.833. The number of aliphatic hydroxyl groups is 1. The van der Waals surface area contributed by atoms with Gasteiger partial charge in [-0.05, 0) is 86.4 Å². The molecular formula is C24H32F2N2O2. The number of hydrogen-bond acceptors (Lipinski definition) is 3. The highest BCUT2D eigenvalue weighted by atomic mass is 19.3. The number of carbonyl (C=O) groups excluding carboxylic acids is 1. The largest absolute Gasteiger partial charge is 0.383 e. The molecule has 5 aliphatic rings. The van der Waals surface area contributed by atoms with Gasteiger partial charge in [-0.25, -0.2) is 13.8 Å². The molecule has 0 spiro atoms. The summed E-state index contributed by atoms with van der Waals surface area (Å²) in [5.41, 5.74) is -1.66. The Bertz CT molecular complexity index is 857. The van der Waals surface area contributed by atoms with Gasteiger partial charge in [-0.1, -0.05) is 6.92 Å². The van der Waals surface area contributed by atoms with Gasteiger partial charge in [0.2, 0.25) is 0 Å². The van der Waals surface area contributed by atoms with E-state index in [1.807, 2.05) is 10.8 Å². The normalized spacial score (nSPS) is 50.7. The zero-order valence-corrected chi connectivity index (χ0v) is 17.6. The van der Waals surface area contributed by atoms with Crippen molar-refractivity contribution < 1.29 is 18.7 Å². The number of aromatic nitrogens is 2. The summed E-state index contributed by atoms with van der Waals surface area (Å²) in [4.78, 5) is 17.2. The third-order valence-electron chi connectivity index (χ3n) is 10.4. The maximum atomic E-state index is 14.4. The van der Waals surface area contributed by atoms with Crippen molar-refractivity contribution in [3.05, 3.63) is 18.7 Å². The van der Waals surface area contributed by atoms with Crippen LogP contribution in [0.5, 0.6) is 0 Å². The molecule has 0 radical (unpaired) electrons. The number of Topliss-reactive ketones (excluding diaryl/α,β-unsaturated/α-hetero) is 1. The van der Waals surface area contributed by atoms with Gasteiger partial charge in [0.1, 0.15) is 5.60 Å². The molecule has 0 saturated heterocycles. The fourth-order valence-corrected chi connectivity index (χ4v) is 9.02. The minimum Gasteiger partial charge on any atom is -0.383 e. The number of rotatable bonds is 3. The van der Waals surface area contributed by atoms with E-state index in [0.717, 1.165) is 44.9 Å². The van der Waals surface area contributed by atoms with Gasteiger partial charge in [-0.3, -0.25) is 4.79 Å². The van der Waals surface area contributed by atoms with Gasteiger partial charge in [0.25, 0.3) is 5.92 Å². The minimum absolute atomic E-state index is 0.00979. The Morgan fingerprint density at radius 3 is 2.57 bits per heavy atom. The summed E-state index contributed by atoms with van der Waals surface area (Å²) in [5, 5.41) is 10.4. The van der Waals surface area contributed by atoms with Gasteiger partial charge in [-0.15, -0.1) is 0 Å². The number of imidazole rings is 1. The molecule has 30 heavy (non-hydrogen) atoms. The van der Waals surface area contributed by atoms with Crippen molar-refractivity contribution >= 4 is 5.78 Å². The van der Waals surface area contributed by atoms with Crippen LogP contribution in [0, 0.1) is 46.8 Å². The third kappa shape index (κ3) is 2.35. The average molecular weight is 419 g/mol. The summed E-state index contributed by atoms with van der Waals surface area (Å²) >= 11 is 0. The minimum atomic E-state index is -2.87. The van der Waals surface area contributed by atoms with E-state index >= 15 is 0 Å². The average Bonchev–Trinajstić information content (AvgIpc) is 3.13. The summed E-state index contributed by atoms with van der Waals surface area (Å²) < 4.78 is 30.6. The van der Waals surface area contributed by atoms with Crippen molar-refractivity contribution in [3.8, 4) is 0 Å². The molecule has 6 heteroatoms. The van der Waals surface area contributed by atoms with Crippen molar-refractivity contribution in [2.45, 2.75) is 76.4 Å². The summed E-state index contributed by atoms with van der Waals surface area (Å²) in [7, 11) is 0. The second kappa shape index (κ2) is 6.14. The highest BCUT2D eigenvalue weighted by Crippen LogP contribution is 2.73. The van der Waals surface area contributed by atoms with Crippen LogP contribution in [0.3, 0.4) is 0 Å². The summed E-state index contributed by atoms with van der Waals surface area (Å²) in [5.74, 6) is -1.31. The molecule has 5 aliphatic carbocycles. The van der Waals surface area contributed by atoms with Gasteiger partial charge in [0.15, 0.2) is 5.78 Å². The molecule has 0 amide bonds. The Balaban J connectivity index is 1.21. The molecule has 1 aromatic heterocycles. The Morgan fingerprint density at radius 2 is 1.80 bits per heavy atom. The maximum Gasteiger partial charge on any atom is 0.282 e. The van der Waals surface area contributed by atoms with Crippen molar-refractivity contribution in [1.82, 2.24) is 9.55 Å². The topological polar surface area (TPSA) is 55.1 Å². The molecule has 5 saturated carbocycles. The lowest BCUT2D eigenvalue weighted by Gasteiger charge is -2.55. The predicted molar refractivity (Wildman–Crippen MR) is 107 cm³/mol. The first-order valence-electron chi connectivity index (χ1n) is 11.9.